The molecular formula is C17H20FN3O4S. The van der Waals surface area contributed by atoms with Crippen molar-refractivity contribution in [3.8, 4) is 5.88 Å². The number of amides is 1. The van der Waals surface area contributed by atoms with Crippen LogP contribution in [0.15, 0.2) is 36.5 Å². The molecule has 0 radical (unpaired) electrons. The number of aromatic nitrogens is 1. The molecule has 26 heavy (non-hydrogen) atoms. The van der Waals surface area contributed by atoms with Crippen molar-refractivity contribution >= 4 is 21.6 Å². The van der Waals surface area contributed by atoms with Crippen molar-refractivity contribution in [3.63, 3.8) is 0 Å². The Bertz CT molecular complexity index is 916. The van der Waals surface area contributed by atoms with Gasteiger partial charge in [-0.05, 0) is 37.1 Å². The molecule has 0 saturated heterocycles. The van der Waals surface area contributed by atoms with Crippen LogP contribution in [-0.4, -0.2) is 32.7 Å². The van der Waals surface area contributed by atoms with Crippen LogP contribution in [0, 0.1) is 12.7 Å². The third-order valence-electron chi connectivity index (χ3n) is 3.81. The summed E-state index contributed by atoms with van der Waals surface area (Å²) in [6, 6.07) is 6.66. The van der Waals surface area contributed by atoms with Gasteiger partial charge in [0.25, 0.3) is 0 Å². The first-order valence-corrected chi connectivity index (χ1v) is 9.51. The van der Waals surface area contributed by atoms with Gasteiger partial charge in [-0.1, -0.05) is 12.1 Å². The Balaban J connectivity index is 2.42. The molecule has 0 fully saturated rings. The van der Waals surface area contributed by atoms with Crippen molar-refractivity contribution in [2.24, 2.45) is 0 Å². The number of halogens is 1. The SMILES string of the molecule is COc1cc(C)c(NC(=O)C(C)(NS(C)(=O)=O)c2ccc(F)cc2)cn1. The Morgan fingerprint density at radius 3 is 2.38 bits per heavy atom. The Morgan fingerprint density at radius 1 is 1.27 bits per heavy atom. The average molecular weight is 381 g/mol. The molecule has 140 valence electrons. The number of rotatable bonds is 6. The average Bonchev–Trinajstić information content (AvgIpc) is 2.55. The third-order valence-corrected chi connectivity index (χ3v) is 4.59. The Labute approximate surface area is 151 Å². The van der Waals surface area contributed by atoms with Crippen molar-refractivity contribution in [2.45, 2.75) is 19.4 Å². The van der Waals surface area contributed by atoms with Crippen molar-refractivity contribution in [1.82, 2.24) is 9.71 Å². The van der Waals surface area contributed by atoms with E-state index in [2.05, 4.69) is 15.0 Å². The number of ether oxygens (including phenoxy) is 1. The van der Waals surface area contributed by atoms with Gasteiger partial charge in [0.05, 0.1) is 25.2 Å². The number of sulfonamides is 1. The van der Waals surface area contributed by atoms with Gasteiger partial charge in [0.15, 0.2) is 0 Å². The number of carbonyl (C=O) groups excluding carboxylic acids is 1. The summed E-state index contributed by atoms with van der Waals surface area (Å²) in [5, 5.41) is 2.66. The molecule has 0 aliphatic heterocycles. The van der Waals surface area contributed by atoms with E-state index in [0.717, 1.165) is 18.4 Å². The van der Waals surface area contributed by atoms with Crippen molar-refractivity contribution in [3.05, 3.63) is 53.5 Å². The summed E-state index contributed by atoms with van der Waals surface area (Å²) in [6.07, 6.45) is 2.36. The molecule has 0 saturated carbocycles. The fourth-order valence-electron chi connectivity index (χ4n) is 2.41. The van der Waals surface area contributed by atoms with E-state index in [1.54, 1.807) is 13.0 Å². The van der Waals surface area contributed by atoms with Gasteiger partial charge in [-0.2, -0.15) is 4.72 Å². The fraction of sp³-hybridized carbons (Fsp3) is 0.294. The first-order chi connectivity index (χ1) is 12.0. The molecule has 7 nitrogen and oxygen atoms in total. The second-order valence-corrected chi connectivity index (χ2v) is 7.75. The molecule has 0 aliphatic rings. The minimum absolute atomic E-state index is 0.293. The Morgan fingerprint density at radius 2 is 1.88 bits per heavy atom. The molecule has 9 heteroatoms. The number of hydrogen-bond donors (Lipinski definition) is 2. The van der Waals surface area contributed by atoms with Crippen LogP contribution < -0.4 is 14.8 Å². The van der Waals surface area contributed by atoms with Crippen molar-refractivity contribution in [2.75, 3.05) is 18.7 Å². The molecule has 1 aromatic carbocycles. The quantitative estimate of drug-likeness (QED) is 0.797. The van der Waals surface area contributed by atoms with Gasteiger partial charge in [-0.3, -0.25) is 4.79 Å². The number of carbonyl (C=O) groups is 1. The zero-order valence-electron chi connectivity index (χ0n) is 14.8. The molecule has 1 heterocycles. The van der Waals surface area contributed by atoms with Gasteiger partial charge in [0.1, 0.15) is 11.4 Å². The van der Waals surface area contributed by atoms with Crippen LogP contribution in [0.3, 0.4) is 0 Å². The zero-order valence-corrected chi connectivity index (χ0v) is 15.6. The molecule has 1 amide bonds. The van der Waals surface area contributed by atoms with Crippen molar-refractivity contribution < 1.29 is 22.3 Å². The highest BCUT2D eigenvalue weighted by atomic mass is 32.2. The van der Waals surface area contributed by atoms with E-state index >= 15 is 0 Å². The lowest BCUT2D eigenvalue weighted by molar-refractivity contribution is -0.121. The number of nitrogens with zero attached hydrogens (tertiary/aromatic N) is 1. The lowest BCUT2D eigenvalue weighted by Crippen LogP contribution is -2.51. The largest absolute Gasteiger partial charge is 0.481 e. The van der Waals surface area contributed by atoms with Crippen LogP contribution in [0.5, 0.6) is 5.88 Å². The zero-order chi connectivity index (χ0) is 19.5. The molecule has 1 unspecified atom stereocenters. The number of aryl methyl sites for hydroxylation is 1. The highest BCUT2D eigenvalue weighted by Crippen LogP contribution is 2.26. The molecule has 2 aromatic rings. The number of hydrogen-bond acceptors (Lipinski definition) is 5. The Kier molecular flexibility index (Phi) is 5.62. The summed E-state index contributed by atoms with van der Waals surface area (Å²) in [5.41, 5.74) is -0.264. The molecular weight excluding hydrogens is 361 g/mol. The number of benzene rings is 1. The van der Waals surface area contributed by atoms with Crippen LogP contribution in [-0.2, 0) is 20.4 Å². The normalized spacial score (nSPS) is 13.7. The van der Waals surface area contributed by atoms with E-state index in [4.69, 9.17) is 4.74 Å². The topological polar surface area (TPSA) is 97.4 Å². The minimum Gasteiger partial charge on any atom is -0.481 e. The number of anilines is 1. The summed E-state index contributed by atoms with van der Waals surface area (Å²) in [6.45, 7) is 3.15. The highest BCUT2D eigenvalue weighted by Gasteiger charge is 2.38. The second-order valence-electron chi connectivity index (χ2n) is 6.00. The van der Waals surface area contributed by atoms with Gasteiger partial charge >= 0.3 is 0 Å². The van der Waals surface area contributed by atoms with E-state index in [1.807, 2.05) is 0 Å². The van der Waals surface area contributed by atoms with Gasteiger partial charge in [-0.25, -0.2) is 17.8 Å². The first kappa shape index (κ1) is 19.8. The van der Waals surface area contributed by atoms with Crippen LogP contribution >= 0.6 is 0 Å². The fourth-order valence-corrected chi connectivity index (χ4v) is 3.36. The van der Waals surface area contributed by atoms with Gasteiger partial charge in [0, 0.05) is 6.07 Å². The summed E-state index contributed by atoms with van der Waals surface area (Å²) >= 11 is 0. The number of methoxy groups -OCH3 is 1. The van der Waals surface area contributed by atoms with Crippen molar-refractivity contribution in [1.29, 1.82) is 0 Å². The van der Waals surface area contributed by atoms with Gasteiger partial charge in [0.2, 0.25) is 21.8 Å². The molecule has 0 bridgehead atoms. The van der Waals surface area contributed by atoms with Gasteiger partial charge in [-0.15, -0.1) is 0 Å². The van der Waals surface area contributed by atoms with Crippen LogP contribution in [0.2, 0.25) is 0 Å². The molecule has 1 aromatic heterocycles. The van der Waals surface area contributed by atoms with E-state index in [1.165, 1.54) is 32.4 Å². The predicted molar refractivity (Wildman–Crippen MR) is 95.9 cm³/mol. The lowest BCUT2D eigenvalue weighted by atomic mass is 9.92. The number of pyridine rings is 1. The van der Waals surface area contributed by atoms with E-state index in [0.29, 0.717) is 22.7 Å². The monoisotopic (exact) mass is 381 g/mol. The summed E-state index contributed by atoms with van der Waals surface area (Å²) in [5.74, 6) is -0.744. The minimum atomic E-state index is -3.74. The van der Waals surface area contributed by atoms with Gasteiger partial charge < -0.3 is 10.1 Å². The molecule has 2 N–H and O–H groups in total. The second kappa shape index (κ2) is 7.38. The third kappa shape index (κ3) is 4.55. The smallest absolute Gasteiger partial charge is 0.250 e. The standard InChI is InChI=1S/C17H20FN3O4S/c1-11-9-15(25-3)19-10-14(11)20-16(22)17(2,21-26(4,23)24)12-5-7-13(18)8-6-12/h5-10,21H,1-4H3,(H,20,22). The highest BCUT2D eigenvalue weighted by molar-refractivity contribution is 7.88. The summed E-state index contributed by atoms with van der Waals surface area (Å²) in [7, 11) is -2.26. The van der Waals surface area contributed by atoms with E-state index < -0.39 is 27.3 Å². The lowest BCUT2D eigenvalue weighted by Gasteiger charge is -2.29. The molecule has 2 rings (SSSR count). The Hall–Kier alpha value is -2.52. The van der Waals surface area contributed by atoms with Crippen LogP contribution in [0.25, 0.3) is 0 Å². The molecule has 0 spiro atoms. The molecule has 0 aliphatic carbocycles. The summed E-state index contributed by atoms with van der Waals surface area (Å²) in [4.78, 5) is 16.9. The maximum atomic E-state index is 13.2. The van der Waals surface area contributed by atoms with E-state index in [9.17, 15) is 17.6 Å². The predicted octanol–water partition coefficient (Wildman–Crippen LogP) is 1.94. The molecule has 1 atom stereocenters. The first-order valence-electron chi connectivity index (χ1n) is 7.62. The van der Waals surface area contributed by atoms with Crippen LogP contribution in [0.1, 0.15) is 18.1 Å². The summed E-state index contributed by atoms with van der Waals surface area (Å²) < 4.78 is 44.2. The van der Waals surface area contributed by atoms with Crippen LogP contribution in [0.4, 0.5) is 10.1 Å². The van der Waals surface area contributed by atoms with E-state index in [-0.39, 0.29) is 0 Å². The maximum Gasteiger partial charge on any atom is 0.250 e. The maximum absolute atomic E-state index is 13.2. The number of nitrogens with one attached hydrogen (secondary N) is 2.